The number of aryl methyl sites for hydroxylation is 1. The van der Waals surface area contributed by atoms with Gasteiger partial charge in [0.1, 0.15) is 5.82 Å². The Morgan fingerprint density at radius 1 is 1.12 bits per heavy atom. The Balaban J connectivity index is 1.72. The quantitative estimate of drug-likeness (QED) is 0.699. The summed E-state index contributed by atoms with van der Waals surface area (Å²) in [7, 11) is 0. The molecule has 26 heavy (non-hydrogen) atoms. The number of amides is 1. The highest BCUT2D eigenvalue weighted by molar-refractivity contribution is 5.77. The van der Waals surface area contributed by atoms with Crippen LogP contribution in [0.4, 0.5) is 0 Å². The van der Waals surface area contributed by atoms with Gasteiger partial charge in [0.25, 0.3) is 0 Å². The molecular weight excluding hydrogens is 324 g/mol. The second kappa shape index (κ2) is 6.83. The Bertz CT molecular complexity index is 906. The zero-order chi connectivity index (χ0) is 18.1. The van der Waals surface area contributed by atoms with E-state index in [1.54, 1.807) is 0 Å². The molecule has 3 heterocycles. The molecule has 1 aliphatic heterocycles. The summed E-state index contributed by atoms with van der Waals surface area (Å²) in [4.78, 5) is 14.4. The van der Waals surface area contributed by atoms with Crippen molar-refractivity contribution in [1.29, 1.82) is 0 Å². The number of benzene rings is 1. The van der Waals surface area contributed by atoms with Gasteiger partial charge < -0.3 is 9.47 Å². The van der Waals surface area contributed by atoms with Gasteiger partial charge in [-0.05, 0) is 37.6 Å². The predicted molar refractivity (Wildman–Crippen MR) is 101 cm³/mol. The number of nitrogens with zero attached hydrogens (tertiary/aromatic N) is 4. The van der Waals surface area contributed by atoms with Gasteiger partial charge in [0.15, 0.2) is 0 Å². The van der Waals surface area contributed by atoms with Crippen LogP contribution in [0.3, 0.4) is 0 Å². The molecule has 0 N–H and O–H groups in total. The molecule has 134 valence electrons. The molecule has 2 aromatic heterocycles. The number of carbonyl (C=O) groups excluding carboxylic acids is 1. The second-order valence-electron chi connectivity index (χ2n) is 6.94. The van der Waals surface area contributed by atoms with Crippen LogP contribution in [-0.4, -0.2) is 25.2 Å². The Morgan fingerprint density at radius 3 is 2.54 bits per heavy atom. The summed E-state index contributed by atoms with van der Waals surface area (Å²) in [5.74, 6) is 1.25. The Labute approximate surface area is 153 Å². The molecule has 5 heteroatoms. The van der Waals surface area contributed by atoms with Crippen molar-refractivity contribution in [1.82, 2.24) is 19.2 Å². The van der Waals surface area contributed by atoms with Crippen molar-refractivity contribution in [3.05, 3.63) is 65.6 Å². The van der Waals surface area contributed by atoms with Gasteiger partial charge >= 0.3 is 0 Å². The summed E-state index contributed by atoms with van der Waals surface area (Å²) in [6.45, 7) is 5.43. The highest BCUT2D eigenvalue weighted by Gasteiger charge is 2.30. The van der Waals surface area contributed by atoms with E-state index >= 15 is 0 Å². The van der Waals surface area contributed by atoms with E-state index in [2.05, 4.69) is 42.7 Å². The van der Waals surface area contributed by atoms with Crippen LogP contribution in [0.2, 0.25) is 0 Å². The number of carbonyl (C=O) groups is 1. The number of fused-ring (bicyclic) bond motifs is 1. The molecule has 0 saturated heterocycles. The van der Waals surface area contributed by atoms with E-state index in [0.29, 0.717) is 19.5 Å². The minimum atomic E-state index is 0.227. The molecule has 4 rings (SSSR count). The summed E-state index contributed by atoms with van der Waals surface area (Å²) >= 11 is 0. The molecule has 0 aliphatic carbocycles. The lowest BCUT2D eigenvalue weighted by Crippen LogP contribution is -2.26. The highest BCUT2D eigenvalue weighted by Crippen LogP contribution is 2.31. The molecular formula is C21H24N4O. The monoisotopic (exact) mass is 348 g/mol. The van der Waals surface area contributed by atoms with Gasteiger partial charge in [0, 0.05) is 24.4 Å². The van der Waals surface area contributed by atoms with Gasteiger partial charge in [-0.2, -0.15) is 5.10 Å². The molecule has 0 bridgehead atoms. The van der Waals surface area contributed by atoms with Gasteiger partial charge in [-0.15, -0.1) is 0 Å². The van der Waals surface area contributed by atoms with Crippen LogP contribution in [0, 0.1) is 6.92 Å². The van der Waals surface area contributed by atoms with Crippen molar-refractivity contribution in [3.63, 3.8) is 0 Å². The summed E-state index contributed by atoms with van der Waals surface area (Å²) in [5.41, 5.74) is 4.41. The first-order valence-electron chi connectivity index (χ1n) is 9.26. The van der Waals surface area contributed by atoms with Crippen molar-refractivity contribution in [2.45, 2.75) is 46.2 Å². The van der Waals surface area contributed by atoms with Gasteiger partial charge in [-0.3, -0.25) is 4.79 Å². The minimum Gasteiger partial charge on any atom is -0.332 e. The maximum absolute atomic E-state index is 12.4. The molecule has 0 saturated carbocycles. The molecule has 0 atom stereocenters. The third-order valence-corrected chi connectivity index (χ3v) is 4.95. The Morgan fingerprint density at radius 2 is 1.85 bits per heavy atom. The summed E-state index contributed by atoms with van der Waals surface area (Å²) in [5, 5.41) is 4.86. The molecule has 5 nitrogen and oxygen atoms in total. The largest absolute Gasteiger partial charge is 0.332 e. The topological polar surface area (TPSA) is 43.1 Å². The average molecular weight is 348 g/mol. The molecule has 0 unspecified atom stereocenters. The van der Waals surface area contributed by atoms with Crippen molar-refractivity contribution >= 4 is 5.91 Å². The van der Waals surface area contributed by atoms with Crippen LogP contribution < -0.4 is 0 Å². The first-order valence-corrected chi connectivity index (χ1v) is 9.26. The van der Waals surface area contributed by atoms with Crippen LogP contribution in [0.1, 0.15) is 43.0 Å². The summed E-state index contributed by atoms with van der Waals surface area (Å²) < 4.78 is 4.09. The number of hydrogen-bond acceptors (Lipinski definition) is 2. The van der Waals surface area contributed by atoms with Crippen molar-refractivity contribution in [2.75, 3.05) is 0 Å². The van der Waals surface area contributed by atoms with Crippen molar-refractivity contribution in [2.24, 2.45) is 0 Å². The normalized spacial score (nSPS) is 13.2. The van der Waals surface area contributed by atoms with E-state index in [9.17, 15) is 4.79 Å². The fourth-order valence-corrected chi connectivity index (χ4v) is 3.47. The summed E-state index contributed by atoms with van der Waals surface area (Å²) in [6, 6.07) is 12.4. The smallest absolute Gasteiger partial charge is 0.223 e. The molecule has 0 spiro atoms. The van der Waals surface area contributed by atoms with Crippen LogP contribution in [-0.2, 0) is 17.9 Å². The van der Waals surface area contributed by atoms with Gasteiger partial charge in [0.2, 0.25) is 5.91 Å². The first-order chi connectivity index (χ1) is 12.7. The molecule has 1 aliphatic rings. The third-order valence-electron chi connectivity index (χ3n) is 4.95. The minimum absolute atomic E-state index is 0.227. The third kappa shape index (κ3) is 2.94. The molecule has 3 aromatic rings. The van der Waals surface area contributed by atoms with Crippen LogP contribution in [0.25, 0.3) is 11.5 Å². The molecule has 0 radical (unpaired) electrons. The summed E-state index contributed by atoms with van der Waals surface area (Å²) in [6.07, 6.45) is 6.67. The molecule has 1 amide bonds. The van der Waals surface area contributed by atoms with Crippen LogP contribution in [0.5, 0.6) is 0 Å². The van der Waals surface area contributed by atoms with Gasteiger partial charge in [0.05, 0.1) is 24.5 Å². The number of rotatable bonds is 5. The average Bonchev–Trinajstić information content (AvgIpc) is 3.35. The number of unbranched alkanes of at least 4 members (excludes halogenated alkanes) is 1. The van der Waals surface area contributed by atoms with E-state index in [-0.39, 0.29) is 5.91 Å². The van der Waals surface area contributed by atoms with E-state index in [1.165, 1.54) is 5.56 Å². The fourth-order valence-electron chi connectivity index (χ4n) is 3.47. The lowest BCUT2D eigenvalue weighted by molar-refractivity contribution is -0.131. The van der Waals surface area contributed by atoms with Crippen molar-refractivity contribution < 1.29 is 4.79 Å². The SMILES string of the molecule is CCCCC(=O)N1Cc2nn(-c3ccc(C)cc3)c(-n3cccc3)c2C1. The van der Waals surface area contributed by atoms with E-state index in [1.807, 2.05) is 34.1 Å². The second-order valence-corrected chi connectivity index (χ2v) is 6.94. The first kappa shape index (κ1) is 16.6. The van der Waals surface area contributed by atoms with Crippen LogP contribution >= 0.6 is 0 Å². The predicted octanol–water partition coefficient (Wildman–Crippen LogP) is 4.00. The van der Waals surface area contributed by atoms with E-state index in [0.717, 1.165) is 35.6 Å². The van der Waals surface area contributed by atoms with Gasteiger partial charge in [-0.25, -0.2) is 4.68 Å². The molecule has 0 fully saturated rings. The lowest BCUT2D eigenvalue weighted by atomic mass is 10.2. The molecule has 1 aromatic carbocycles. The van der Waals surface area contributed by atoms with E-state index < -0.39 is 0 Å². The van der Waals surface area contributed by atoms with E-state index in [4.69, 9.17) is 5.10 Å². The zero-order valence-electron chi connectivity index (χ0n) is 15.4. The Hall–Kier alpha value is -2.82. The fraction of sp³-hybridized carbons (Fsp3) is 0.333. The van der Waals surface area contributed by atoms with Crippen LogP contribution in [0.15, 0.2) is 48.8 Å². The Kier molecular flexibility index (Phi) is 4.37. The maximum atomic E-state index is 12.4. The zero-order valence-corrected chi connectivity index (χ0v) is 15.4. The maximum Gasteiger partial charge on any atom is 0.223 e. The lowest BCUT2D eigenvalue weighted by Gasteiger charge is -2.17. The van der Waals surface area contributed by atoms with Gasteiger partial charge in [-0.1, -0.05) is 31.0 Å². The number of hydrogen-bond donors (Lipinski definition) is 0. The highest BCUT2D eigenvalue weighted by atomic mass is 16.2. The van der Waals surface area contributed by atoms with Crippen molar-refractivity contribution in [3.8, 4) is 11.5 Å². The standard InChI is InChI=1S/C21H24N4O/c1-3-4-7-20(26)24-14-18-19(15-24)22-25(17-10-8-16(2)9-11-17)21(18)23-12-5-6-13-23/h5-6,8-13H,3-4,7,14-15H2,1-2H3. The number of aromatic nitrogens is 3.